The second kappa shape index (κ2) is 11.4. The molecule has 0 saturated carbocycles. The fourth-order valence-electron chi connectivity index (χ4n) is 4.31. The first-order valence-corrected chi connectivity index (χ1v) is 12.0. The molecule has 0 radical (unpaired) electrons. The molecule has 0 spiro atoms. The summed E-state index contributed by atoms with van der Waals surface area (Å²) in [4.78, 5) is 6.82. The van der Waals surface area contributed by atoms with Gasteiger partial charge in [0.2, 0.25) is 0 Å². The average Bonchev–Trinajstić information content (AvgIpc) is 3.31. The minimum absolute atomic E-state index is 0.470. The fourth-order valence-corrected chi connectivity index (χ4v) is 4.77. The summed E-state index contributed by atoms with van der Waals surface area (Å²) in [6.45, 7) is 5.19. The van der Waals surface area contributed by atoms with Crippen LogP contribution in [0.3, 0.4) is 0 Å². The van der Waals surface area contributed by atoms with Gasteiger partial charge in [-0.2, -0.15) is 0 Å². The summed E-state index contributed by atoms with van der Waals surface area (Å²) in [5, 5.41) is 4.79. The van der Waals surface area contributed by atoms with Crippen LogP contribution in [0.1, 0.15) is 37.7 Å². The molecule has 2 fully saturated rings. The Balaban J connectivity index is 1.17. The van der Waals surface area contributed by atoms with E-state index in [1.165, 1.54) is 25.7 Å². The summed E-state index contributed by atoms with van der Waals surface area (Å²) in [7, 11) is 0. The van der Waals surface area contributed by atoms with Crippen LogP contribution in [0, 0.1) is 5.92 Å². The molecule has 31 heavy (non-hydrogen) atoms. The van der Waals surface area contributed by atoms with Gasteiger partial charge in [-0.3, -0.25) is 4.98 Å². The molecule has 4 rings (SSSR count). The molecule has 1 N–H and O–H groups in total. The Kier molecular flexibility index (Phi) is 8.31. The maximum Gasteiger partial charge on any atom is 0.139 e. The summed E-state index contributed by atoms with van der Waals surface area (Å²) in [6.07, 6.45) is 9.60. The molecule has 1 atom stereocenters. The Morgan fingerprint density at radius 2 is 1.97 bits per heavy atom. The monoisotopic (exact) mass is 463 g/mol. The molecule has 2 aliphatic rings. The summed E-state index contributed by atoms with van der Waals surface area (Å²) in [5.74, 6) is 1.56. The number of piperidine rings is 1. The highest BCUT2D eigenvalue weighted by Crippen LogP contribution is 2.27. The molecule has 2 saturated heterocycles. The van der Waals surface area contributed by atoms with Crippen LogP contribution in [0.25, 0.3) is 0 Å². The molecule has 1 aromatic carbocycles. The zero-order valence-electron chi connectivity index (χ0n) is 17.9. The zero-order valence-corrected chi connectivity index (χ0v) is 19.4. The van der Waals surface area contributed by atoms with E-state index in [0.717, 1.165) is 49.7 Å². The Bertz CT molecular complexity index is 837. The number of anilines is 1. The summed E-state index contributed by atoms with van der Waals surface area (Å²) in [6, 6.07) is 8.14. The van der Waals surface area contributed by atoms with Gasteiger partial charge in [-0.1, -0.05) is 29.3 Å². The number of hydrogen-bond acceptors (Lipinski definition) is 5. The maximum absolute atomic E-state index is 6.21. The van der Waals surface area contributed by atoms with Crippen molar-refractivity contribution in [3.8, 4) is 5.75 Å². The second-order valence-corrected chi connectivity index (χ2v) is 9.33. The predicted molar refractivity (Wildman–Crippen MR) is 126 cm³/mol. The van der Waals surface area contributed by atoms with E-state index >= 15 is 0 Å². The number of nitrogens with zero attached hydrogens (tertiary/aromatic N) is 2. The zero-order chi connectivity index (χ0) is 21.5. The van der Waals surface area contributed by atoms with Crippen LogP contribution in [0.5, 0.6) is 5.75 Å². The Morgan fingerprint density at radius 1 is 1.10 bits per heavy atom. The molecular weight excluding hydrogens is 433 g/mol. The van der Waals surface area contributed by atoms with Crippen molar-refractivity contribution in [2.24, 2.45) is 5.92 Å². The topological polar surface area (TPSA) is 46.6 Å². The molecule has 3 heterocycles. The van der Waals surface area contributed by atoms with Crippen LogP contribution >= 0.6 is 23.2 Å². The molecule has 7 heteroatoms. The van der Waals surface area contributed by atoms with E-state index in [0.29, 0.717) is 35.2 Å². The third kappa shape index (κ3) is 6.72. The average molecular weight is 464 g/mol. The largest absolute Gasteiger partial charge is 0.490 e. The van der Waals surface area contributed by atoms with Gasteiger partial charge >= 0.3 is 0 Å². The Hall–Kier alpha value is -1.53. The molecule has 168 valence electrons. The molecule has 0 bridgehead atoms. The molecule has 2 aromatic rings. The van der Waals surface area contributed by atoms with E-state index in [-0.39, 0.29) is 0 Å². The van der Waals surface area contributed by atoms with Crippen molar-refractivity contribution < 1.29 is 9.47 Å². The third-order valence-corrected chi connectivity index (χ3v) is 6.82. The maximum atomic E-state index is 6.21. The first kappa shape index (κ1) is 22.7. The highest BCUT2D eigenvalue weighted by Gasteiger charge is 2.20. The van der Waals surface area contributed by atoms with Crippen LogP contribution in [-0.2, 0) is 11.3 Å². The quantitative estimate of drug-likeness (QED) is 0.508. The molecule has 2 aliphatic heterocycles. The lowest BCUT2D eigenvalue weighted by Crippen LogP contribution is -2.34. The molecule has 1 aromatic heterocycles. The third-order valence-electron chi connectivity index (χ3n) is 6.24. The van der Waals surface area contributed by atoms with Gasteiger partial charge in [0.25, 0.3) is 0 Å². The van der Waals surface area contributed by atoms with Crippen molar-refractivity contribution in [2.45, 2.75) is 44.8 Å². The van der Waals surface area contributed by atoms with Crippen molar-refractivity contribution in [1.82, 2.24) is 10.3 Å². The van der Waals surface area contributed by atoms with Crippen molar-refractivity contribution in [2.75, 3.05) is 37.7 Å². The second-order valence-electron chi connectivity index (χ2n) is 8.49. The molecular formula is C24H31Cl2N3O2. The van der Waals surface area contributed by atoms with Gasteiger partial charge < -0.3 is 19.7 Å². The van der Waals surface area contributed by atoms with E-state index in [9.17, 15) is 0 Å². The predicted octanol–water partition coefficient (Wildman–Crippen LogP) is 5.34. The van der Waals surface area contributed by atoms with Crippen molar-refractivity contribution in [3.05, 3.63) is 52.3 Å². The number of halogens is 2. The van der Waals surface area contributed by atoms with Gasteiger partial charge in [0, 0.05) is 41.8 Å². The van der Waals surface area contributed by atoms with Gasteiger partial charge in [0.1, 0.15) is 12.4 Å². The first-order valence-electron chi connectivity index (χ1n) is 11.3. The van der Waals surface area contributed by atoms with E-state index in [2.05, 4.69) is 21.3 Å². The van der Waals surface area contributed by atoms with Crippen LogP contribution < -0.4 is 15.0 Å². The van der Waals surface area contributed by atoms with Crippen LogP contribution in [-0.4, -0.2) is 43.9 Å². The number of rotatable bonds is 9. The van der Waals surface area contributed by atoms with Gasteiger partial charge in [0.15, 0.2) is 0 Å². The first-order chi connectivity index (χ1) is 15.2. The molecule has 1 unspecified atom stereocenters. The van der Waals surface area contributed by atoms with E-state index < -0.39 is 0 Å². The lowest BCUT2D eigenvalue weighted by molar-refractivity contribution is 0.104. The van der Waals surface area contributed by atoms with Crippen LogP contribution in [0.15, 0.2) is 36.7 Å². The number of benzene rings is 1. The van der Waals surface area contributed by atoms with Gasteiger partial charge in [-0.05, 0) is 62.3 Å². The SMILES string of the molecule is Clc1ccc(COCCC2CCN(c3cncc(OCC4CCCN4)c3)CC2)c(Cl)c1. The van der Waals surface area contributed by atoms with Gasteiger partial charge in [-0.15, -0.1) is 0 Å². The van der Waals surface area contributed by atoms with Crippen molar-refractivity contribution >= 4 is 28.9 Å². The minimum atomic E-state index is 0.470. The van der Waals surface area contributed by atoms with Crippen LogP contribution in [0.4, 0.5) is 5.69 Å². The number of hydrogen-bond donors (Lipinski definition) is 1. The van der Waals surface area contributed by atoms with Crippen molar-refractivity contribution in [3.63, 3.8) is 0 Å². The van der Waals surface area contributed by atoms with E-state index in [1.54, 1.807) is 6.07 Å². The molecule has 5 nitrogen and oxygen atoms in total. The smallest absolute Gasteiger partial charge is 0.139 e. The molecule has 0 amide bonds. The van der Waals surface area contributed by atoms with E-state index in [4.69, 9.17) is 32.7 Å². The normalized spacial score (nSPS) is 19.7. The van der Waals surface area contributed by atoms with Gasteiger partial charge in [0.05, 0.1) is 24.7 Å². The highest BCUT2D eigenvalue weighted by atomic mass is 35.5. The number of nitrogens with one attached hydrogen (secondary N) is 1. The Morgan fingerprint density at radius 3 is 2.74 bits per heavy atom. The van der Waals surface area contributed by atoms with Crippen LogP contribution in [0.2, 0.25) is 10.0 Å². The number of pyridine rings is 1. The fraction of sp³-hybridized carbons (Fsp3) is 0.542. The summed E-state index contributed by atoms with van der Waals surface area (Å²) >= 11 is 12.2. The standard InChI is InChI=1S/C24H31Cl2N3O2/c25-20-4-3-19(24(26)12-20)16-30-11-7-18-5-9-29(10-6-18)22-13-23(15-27-14-22)31-17-21-2-1-8-28-21/h3-4,12-15,18,21,28H,1-2,5-11,16-17H2. The van der Waals surface area contributed by atoms with Gasteiger partial charge in [-0.25, -0.2) is 0 Å². The van der Waals surface area contributed by atoms with E-state index in [1.807, 2.05) is 24.5 Å². The number of ether oxygens (including phenoxy) is 2. The lowest BCUT2D eigenvalue weighted by Gasteiger charge is -2.33. The highest BCUT2D eigenvalue weighted by molar-refractivity contribution is 6.35. The Labute approximate surface area is 195 Å². The number of aromatic nitrogens is 1. The lowest BCUT2D eigenvalue weighted by atomic mass is 9.94. The minimum Gasteiger partial charge on any atom is -0.490 e. The summed E-state index contributed by atoms with van der Waals surface area (Å²) in [5.41, 5.74) is 2.14. The summed E-state index contributed by atoms with van der Waals surface area (Å²) < 4.78 is 11.8. The van der Waals surface area contributed by atoms with Crippen molar-refractivity contribution in [1.29, 1.82) is 0 Å². The molecule has 0 aliphatic carbocycles.